The van der Waals surface area contributed by atoms with Crippen LogP contribution in [0, 0.1) is 0 Å². The predicted molar refractivity (Wildman–Crippen MR) is 63.0 cm³/mol. The predicted octanol–water partition coefficient (Wildman–Crippen LogP) is 1.39. The van der Waals surface area contributed by atoms with Gasteiger partial charge in [-0.05, 0) is 19.3 Å². The van der Waals surface area contributed by atoms with Gasteiger partial charge in [0.25, 0.3) is 0 Å². The SMILES string of the molecule is C.COC(=O)CC(=O)C[N+]1(C)CCCCC1. The number of hydrogen-bond donors (Lipinski definition) is 0. The van der Waals surface area contributed by atoms with E-state index < -0.39 is 5.97 Å². The second-order valence-electron chi connectivity index (χ2n) is 4.58. The summed E-state index contributed by atoms with van der Waals surface area (Å²) in [6.07, 6.45) is 3.55. The fraction of sp³-hybridized carbons (Fsp3) is 0.833. The number of hydrogen-bond acceptors (Lipinski definition) is 3. The largest absolute Gasteiger partial charge is 0.469 e. The summed E-state index contributed by atoms with van der Waals surface area (Å²) in [6.45, 7) is 2.56. The lowest BCUT2D eigenvalue weighted by molar-refractivity contribution is -0.906. The third-order valence-corrected chi connectivity index (χ3v) is 3.02. The smallest absolute Gasteiger partial charge is 0.313 e. The number of carbonyl (C=O) groups excluding carboxylic acids is 2. The summed E-state index contributed by atoms with van der Waals surface area (Å²) in [6, 6.07) is 0. The minimum Gasteiger partial charge on any atom is -0.469 e. The van der Waals surface area contributed by atoms with E-state index in [4.69, 9.17) is 0 Å². The quantitative estimate of drug-likeness (QED) is 0.416. The minimum absolute atomic E-state index is 0. The monoisotopic (exact) mass is 230 g/mol. The number of likely N-dealkylation sites (tertiary alicyclic amines) is 1. The first-order valence-corrected chi connectivity index (χ1v) is 5.48. The topological polar surface area (TPSA) is 43.4 Å². The van der Waals surface area contributed by atoms with Crippen LogP contribution in [0.5, 0.6) is 0 Å². The molecule has 1 heterocycles. The molecule has 0 radical (unpaired) electrons. The van der Waals surface area contributed by atoms with Crippen molar-refractivity contribution in [2.45, 2.75) is 33.1 Å². The van der Waals surface area contributed by atoms with Crippen LogP contribution in [0.4, 0.5) is 0 Å². The van der Waals surface area contributed by atoms with Crippen molar-refractivity contribution in [3.8, 4) is 0 Å². The Morgan fingerprint density at radius 3 is 2.25 bits per heavy atom. The zero-order chi connectivity index (χ0) is 11.3. The van der Waals surface area contributed by atoms with E-state index in [1.54, 1.807) is 0 Å². The Labute approximate surface area is 98.2 Å². The molecule has 0 bridgehead atoms. The van der Waals surface area contributed by atoms with E-state index in [9.17, 15) is 9.59 Å². The normalized spacial score (nSPS) is 18.4. The Bertz CT molecular complexity index is 245. The number of nitrogens with zero attached hydrogens (tertiary/aromatic N) is 1. The first-order chi connectivity index (χ1) is 7.06. The number of rotatable bonds is 4. The maximum atomic E-state index is 11.6. The van der Waals surface area contributed by atoms with E-state index in [0.717, 1.165) is 17.6 Å². The number of ether oxygens (including phenoxy) is 1. The number of methoxy groups -OCH3 is 1. The van der Waals surface area contributed by atoms with Crippen LogP contribution in [-0.4, -0.2) is 50.0 Å². The van der Waals surface area contributed by atoms with Gasteiger partial charge in [-0.15, -0.1) is 0 Å². The molecule has 4 nitrogen and oxygen atoms in total. The molecule has 0 amide bonds. The number of ketones is 1. The van der Waals surface area contributed by atoms with Gasteiger partial charge in [-0.1, -0.05) is 7.43 Å². The molecule has 0 spiro atoms. The van der Waals surface area contributed by atoms with Gasteiger partial charge in [0.2, 0.25) is 0 Å². The van der Waals surface area contributed by atoms with E-state index in [1.165, 1.54) is 26.4 Å². The lowest BCUT2D eigenvalue weighted by atomic mass is 10.1. The van der Waals surface area contributed by atoms with Crippen LogP contribution in [0.1, 0.15) is 33.1 Å². The molecule has 94 valence electrons. The van der Waals surface area contributed by atoms with Gasteiger partial charge in [-0.3, -0.25) is 9.59 Å². The van der Waals surface area contributed by atoms with Gasteiger partial charge in [-0.2, -0.15) is 0 Å². The molecule has 0 aromatic heterocycles. The van der Waals surface area contributed by atoms with Gasteiger partial charge < -0.3 is 9.22 Å². The van der Waals surface area contributed by atoms with Crippen molar-refractivity contribution in [3.05, 3.63) is 0 Å². The third-order valence-electron chi connectivity index (χ3n) is 3.02. The average Bonchev–Trinajstić information content (AvgIpc) is 2.17. The Balaban J connectivity index is 0.00000225. The fourth-order valence-corrected chi connectivity index (χ4v) is 2.15. The molecule has 1 aliphatic heterocycles. The highest BCUT2D eigenvalue weighted by atomic mass is 16.5. The van der Waals surface area contributed by atoms with Crippen LogP contribution >= 0.6 is 0 Å². The summed E-state index contributed by atoms with van der Waals surface area (Å²) in [7, 11) is 3.40. The van der Waals surface area contributed by atoms with Gasteiger partial charge in [0.1, 0.15) is 13.0 Å². The van der Waals surface area contributed by atoms with Gasteiger partial charge in [0.15, 0.2) is 5.78 Å². The average molecular weight is 230 g/mol. The van der Waals surface area contributed by atoms with Crippen LogP contribution in [0.3, 0.4) is 0 Å². The first kappa shape index (κ1) is 15.1. The molecule has 1 saturated heterocycles. The zero-order valence-corrected chi connectivity index (χ0v) is 9.62. The fourth-order valence-electron chi connectivity index (χ4n) is 2.15. The van der Waals surface area contributed by atoms with Crippen LogP contribution in [-0.2, 0) is 14.3 Å². The van der Waals surface area contributed by atoms with Crippen molar-refractivity contribution in [3.63, 3.8) is 0 Å². The highest BCUT2D eigenvalue weighted by Gasteiger charge is 2.28. The number of likely N-dealkylation sites (N-methyl/N-ethyl adjacent to an activating group) is 1. The molecule has 1 aliphatic rings. The van der Waals surface area contributed by atoms with E-state index in [2.05, 4.69) is 11.8 Å². The highest BCUT2D eigenvalue weighted by molar-refractivity contribution is 5.96. The molecule has 0 aromatic rings. The summed E-state index contributed by atoms with van der Waals surface area (Å²) in [5, 5.41) is 0. The van der Waals surface area contributed by atoms with E-state index >= 15 is 0 Å². The zero-order valence-electron chi connectivity index (χ0n) is 9.62. The van der Waals surface area contributed by atoms with E-state index in [1.807, 2.05) is 0 Å². The Kier molecular flexibility index (Phi) is 6.26. The Morgan fingerprint density at radius 1 is 1.19 bits per heavy atom. The van der Waals surface area contributed by atoms with Gasteiger partial charge in [-0.25, -0.2) is 0 Å². The Morgan fingerprint density at radius 2 is 1.75 bits per heavy atom. The van der Waals surface area contributed by atoms with Crippen molar-refractivity contribution >= 4 is 11.8 Å². The van der Waals surface area contributed by atoms with Crippen molar-refractivity contribution in [2.75, 3.05) is 33.8 Å². The van der Waals surface area contributed by atoms with Gasteiger partial charge in [0, 0.05) is 0 Å². The molecule has 4 heteroatoms. The number of Topliss-reactive ketones (excluding diaryl/α,β-unsaturated/α-hetero) is 1. The van der Waals surface area contributed by atoms with Crippen molar-refractivity contribution in [1.82, 2.24) is 0 Å². The third kappa shape index (κ3) is 4.75. The molecule has 0 atom stereocenters. The molecule has 0 saturated carbocycles. The van der Waals surface area contributed by atoms with Crippen LogP contribution in [0.2, 0.25) is 0 Å². The molecular formula is C12H24NO3+. The summed E-state index contributed by atoms with van der Waals surface area (Å²) in [4.78, 5) is 22.5. The van der Waals surface area contributed by atoms with Gasteiger partial charge >= 0.3 is 5.97 Å². The van der Waals surface area contributed by atoms with Crippen LogP contribution < -0.4 is 0 Å². The van der Waals surface area contributed by atoms with Crippen molar-refractivity contribution < 1.29 is 18.8 Å². The summed E-state index contributed by atoms with van der Waals surface area (Å²) in [5.41, 5.74) is 0. The summed E-state index contributed by atoms with van der Waals surface area (Å²) >= 11 is 0. The van der Waals surface area contributed by atoms with E-state index in [0.29, 0.717) is 6.54 Å². The molecular weight excluding hydrogens is 206 g/mol. The molecule has 0 unspecified atom stereocenters. The molecule has 1 rings (SSSR count). The summed E-state index contributed by atoms with van der Waals surface area (Å²) in [5.74, 6) is -0.435. The second-order valence-corrected chi connectivity index (χ2v) is 4.58. The lowest BCUT2D eigenvalue weighted by Gasteiger charge is -2.37. The second kappa shape index (κ2) is 6.63. The first-order valence-electron chi connectivity index (χ1n) is 5.48. The molecule has 1 fully saturated rings. The van der Waals surface area contributed by atoms with Gasteiger partial charge in [0.05, 0.1) is 27.2 Å². The van der Waals surface area contributed by atoms with Crippen molar-refractivity contribution in [2.24, 2.45) is 0 Å². The van der Waals surface area contributed by atoms with Crippen LogP contribution in [0.15, 0.2) is 0 Å². The maximum Gasteiger partial charge on any atom is 0.313 e. The lowest BCUT2D eigenvalue weighted by Crippen LogP contribution is -2.51. The summed E-state index contributed by atoms with van der Waals surface area (Å²) < 4.78 is 5.26. The molecule has 0 aliphatic carbocycles. The molecule has 0 aromatic carbocycles. The van der Waals surface area contributed by atoms with Crippen molar-refractivity contribution in [1.29, 1.82) is 0 Å². The molecule has 16 heavy (non-hydrogen) atoms. The maximum absolute atomic E-state index is 11.6. The highest BCUT2D eigenvalue weighted by Crippen LogP contribution is 2.16. The molecule has 0 N–H and O–H groups in total. The van der Waals surface area contributed by atoms with E-state index in [-0.39, 0.29) is 19.6 Å². The van der Waals surface area contributed by atoms with Crippen LogP contribution in [0.25, 0.3) is 0 Å². The Hall–Kier alpha value is -0.900. The number of quaternary nitrogens is 1. The number of esters is 1. The standard InChI is InChI=1S/C11H20NO3.CH4/c1-12(6-4-3-5-7-12)9-10(13)8-11(14)15-2;/h3-9H2,1-2H3;1H4/q+1;. The minimum atomic E-state index is -0.427. The number of piperidine rings is 1. The number of carbonyl (C=O) groups is 2.